The van der Waals surface area contributed by atoms with Crippen molar-refractivity contribution in [3.05, 3.63) is 21.9 Å². The van der Waals surface area contributed by atoms with Gasteiger partial charge in [0, 0.05) is 24.6 Å². The summed E-state index contributed by atoms with van der Waals surface area (Å²) in [6.07, 6.45) is 0.971. The summed E-state index contributed by atoms with van der Waals surface area (Å²) < 4.78 is 5.77. The molecule has 0 aliphatic carbocycles. The number of amides is 2. The van der Waals surface area contributed by atoms with Gasteiger partial charge in [0.25, 0.3) is 0 Å². The van der Waals surface area contributed by atoms with E-state index in [0.29, 0.717) is 30.5 Å². The zero-order valence-corrected chi connectivity index (χ0v) is 13.3. The van der Waals surface area contributed by atoms with E-state index in [0.717, 1.165) is 17.8 Å². The predicted molar refractivity (Wildman–Crippen MR) is 82.0 cm³/mol. The molecule has 0 spiro atoms. The molecule has 6 heteroatoms. The van der Waals surface area contributed by atoms with Crippen LogP contribution in [0.5, 0.6) is 0 Å². The molecule has 1 saturated heterocycles. The average Bonchev–Trinajstić information content (AvgIpc) is 2.78. The zero-order chi connectivity index (χ0) is 15.2. The highest BCUT2D eigenvalue weighted by Gasteiger charge is 2.24. The van der Waals surface area contributed by atoms with Crippen LogP contribution < -0.4 is 5.32 Å². The maximum absolute atomic E-state index is 12.3. The fourth-order valence-electron chi connectivity index (χ4n) is 2.25. The molecule has 2 rings (SSSR count). The number of hydrogen-bond donors (Lipinski definition) is 1. The van der Waals surface area contributed by atoms with Crippen LogP contribution in [0.15, 0.2) is 12.1 Å². The van der Waals surface area contributed by atoms with Gasteiger partial charge >= 0.3 is 6.03 Å². The molecule has 0 radical (unpaired) electrons. The van der Waals surface area contributed by atoms with E-state index in [4.69, 9.17) is 10.00 Å². The van der Waals surface area contributed by atoms with Crippen molar-refractivity contribution in [1.29, 1.82) is 5.26 Å². The molecule has 2 heterocycles. The summed E-state index contributed by atoms with van der Waals surface area (Å²) in [5.41, 5.74) is 0. The van der Waals surface area contributed by atoms with Gasteiger partial charge in [-0.2, -0.15) is 5.26 Å². The number of rotatable bonds is 3. The molecule has 0 saturated carbocycles. The van der Waals surface area contributed by atoms with Crippen LogP contribution in [0, 0.1) is 17.2 Å². The van der Waals surface area contributed by atoms with Gasteiger partial charge in [0.15, 0.2) is 0 Å². The Morgan fingerprint density at radius 1 is 1.62 bits per heavy atom. The predicted octanol–water partition coefficient (Wildman–Crippen LogP) is 2.58. The second-order valence-corrected chi connectivity index (χ2v) is 6.66. The standard InChI is InChI=1S/C15H21N3O2S/c1-11(2)14-10-18(6-3-7-20-14)15(19)17-9-13-5-4-12(8-16)21-13/h4-5,11,14H,3,6-7,9-10H2,1-2H3,(H,17,19)/t14-/m0/s1. The zero-order valence-electron chi connectivity index (χ0n) is 12.5. The fraction of sp³-hybridized carbons (Fsp3) is 0.600. The minimum atomic E-state index is -0.0574. The summed E-state index contributed by atoms with van der Waals surface area (Å²) in [6.45, 7) is 6.76. The lowest BCUT2D eigenvalue weighted by Crippen LogP contribution is -2.44. The number of hydrogen-bond acceptors (Lipinski definition) is 4. The lowest BCUT2D eigenvalue weighted by atomic mass is 10.1. The normalized spacial score (nSPS) is 19.1. The van der Waals surface area contributed by atoms with Gasteiger partial charge in [-0.1, -0.05) is 13.8 Å². The number of ether oxygens (including phenoxy) is 1. The van der Waals surface area contributed by atoms with Gasteiger partial charge in [0.1, 0.15) is 10.9 Å². The highest BCUT2D eigenvalue weighted by atomic mass is 32.1. The van der Waals surface area contributed by atoms with Crippen molar-refractivity contribution in [2.24, 2.45) is 5.92 Å². The van der Waals surface area contributed by atoms with E-state index in [2.05, 4.69) is 25.2 Å². The van der Waals surface area contributed by atoms with Gasteiger partial charge < -0.3 is 15.0 Å². The summed E-state index contributed by atoms with van der Waals surface area (Å²) in [6, 6.07) is 5.71. The fourth-order valence-corrected chi connectivity index (χ4v) is 2.99. The van der Waals surface area contributed by atoms with Crippen molar-refractivity contribution >= 4 is 17.4 Å². The molecule has 0 unspecified atom stereocenters. The second-order valence-electron chi connectivity index (χ2n) is 5.49. The van der Waals surface area contributed by atoms with E-state index >= 15 is 0 Å². The summed E-state index contributed by atoms with van der Waals surface area (Å²) in [5.74, 6) is 0.397. The van der Waals surface area contributed by atoms with Crippen molar-refractivity contribution < 1.29 is 9.53 Å². The van der Waals surface area contributed by atoms with Gasteiger partial charge in [-0.15, -0.1) is 11.3 Å². The summed E-state index contributed by atoms with van der Waals surface area (Å²) in [5, 5.41) is 11.7. The number of carbonyl (C=O) groups excluding carboxylic acids is 1. The van der Waals surface area contributed by atoms with Crippen LogP contribution in [-0.2, 0) is 11.3 Å². The first-order valence-corrected chi connectivity index (χ1v) is 8.05. The largest absolute Gasteiger partial charge is 0.376 e. The molecule has 1 aliphatic heterocycles. The SMILES string of the molecule is CC(C)[C@@H]1CN(C(=O)NCc2ccc(C#N)s2)CCCO1. The van der Waals surface area contributed by atoms with Crippen LogP contribution >= 0.6 is 11.3 Å². The summed E-state index contributed by atoms with van der Waals surface area (Å²) >= 11 is 1.41. The molecule has 1 atom stereocenters. The quantitative estimate of drug-likeness (QED) is 0.933. The maximum Gasteiger partial charge on any atom is 0.317 e. The van der Waals surface area contributed by atoms with Gasteiger partial charge in [0.2, 0.25) is 0 Å². The number of nitrogens with zero attached hydrogens (tertiary/aromatic N) is 2. The van der Waals surface area contributed by atoms with E-state index in [1.54, 1.807) is 6.07 Å². The third-order valence-electron chi connectivity index (χ3n) is 3.52. The molecule has 1 aromatic heterocycles. The molecular weight excluding hydrogens is 286 g/mol. The van der Waals surface area contributed by atoms with Crippen molar-refractivity contribution in [1.82, 2.24) is 10.2 Å². The van der Waals surface area contributed by atoms with Gasteiger partial charge in [0.05, 0.1) is 12.6 Å². The van der Waals surface area contributed by atoms with Crippen LogP contribution in [0.25, 0.3) is 0 Å². The van der Waals surface area contributed by atoms with Crippen LogP contribution in [0.1, 0.15) is 30.0 Å². The Morgan fingerprint density at radius 3 is 3.10 bits per heavy atom. The Hall–Kier alpha value is -1.58. The first-order chi connectivity index (χ1) is 10.1. The van der Waals surface area contributed by atoms with Gasteiger partial charge in [-0.3, -0.25) is 0 Å². The Bertz CT molecular complexity index is 521. The molecule has 0 bridgehead atoms. The first kappa shape index (κ1) is 15.8. The first-order valence-electron chi connectivity index (χ1n) is 7.23. The van der Waals surface area contributed by atoms with E-state index in [1.165, 1.54) is 11.3 Å². The molecule has 1 fully saturated rings. The Labute approximate surface area is 129 Å². The highest BCUT2D eigenvalue weighted by molar-refractivity contribution is 7.12. The topological polar surface area (TPSA) is 65.4 Å². The Kier molecular flexibility index (Phi) is 5.59. The van der Waals surface area contributed by atoms with Crippen LogP contribution in [-0.4, -0.2) is 36.7 Å². The Balaban J connectivity index is 1.88. The second kappa shape index (κ2) is 7.43. The van der Waals surface area contributed by atoms with E-state index in [-0.39, 0.29) is 12.1 Å². The molecule has 21 heavy (non-hydrogen) atoms. The minimum absolute atomic E-state index is 0.0574. The molecule has 2 amide bonds. The molecule has 114 valence electrons. The Morgan fingerprint density at radius 2 is 2.43 bits per heavy atom. The van der Waals surface area contributed by atoms with E-state index in [1.807, 2.05) is 11.0 Å². The lowest BCUT2D eigenvalue weighted by molar-refractivity contribution is 0.0267. The molecule has 0 aromatic carbocycles. The van der Waals surface area contributed by atoms with Crippen molar-refractivity contribution in [2.45, 2.75) is 32.9 Å². The van der Waals surface area contributed by atoms with Gasteiger partial charge in [-0.25, -0.2) is 4.79 Å². The van der Waals surface area contributed by atoms with E-state index in [9.17, 15) is 4.79 Å². The van der Waals surface area contributed by atoms with Crippen LogP contribution in [0.2, 0.25) is 0 Å². The van der Waals surface area contributed by atoms with Crippen LogP contribution in [0.3, 0.4) is 0 Å². The smallest absolute Gasteiger partial charge is 0.317 e. The number of nitriles is 1. The van der Waals surface area contributed by atoms with Gasteiger partial charge in [-0.05, 0) is 24.5 Å². The molecular formula is C15H21N3O2S. The average molecular weight is 307 g/mol. The summed E-state index contributed by atoms with van der Waals surface area (Å²) in [4.78, 5) is 15.8. The highest BCUT2D eigenvalue weighted by Crippen LogP contribution is 2.16. The lowest BCUT2D eigenvalue weighted by Gasteiger charge is -2.26. The maximum atomic E-state index is 12.3. The van der Waals surface area contributed by atoms with Crippen molar-refractivity contribution in [3.8, 4) is 6.07 Å². The molecule has 1 aliphatic rings. The number of carbonyl (C=O) groups is 1. The molecule has 1 aromatic rings. The van der Waals surface area contributed by atoms with Crippen molar-refractivity contribution in [2.75, 3.05) is 19.7 Å². The molecule has 5 nitrogen and oxygen atoms in total. The minimum Gasteiger partial charge on any atom is -0.376 e. The van der Waals surface area contributed by atoms with E-state index < -0.39 is 0 Å². The third-order valence-corrected chi connectivity index (χ3v) is 4.51. The number of nitrogens with one attached hydrogen (secondary N) is 1. The molecule has 1 N–H and O–H groups in total. The number of thiophene rings is 1. The third kappa shape index (κ3) is 4.45. The van der Waals surface area contributed by atoms with Crippen molar-refractivity contribution in [3.63, 3.8) is 0 Å². The monoisotopic (exact) mass is 307 g/mol. The summed E-state index contributed by atoms with van der Waals surface area (Å²) in [7, 11) is 0. The van der Waals surface area contributed by atoms with Crippen LogP contribution in [0.4, 0.5) is 4.79 Å². The number of urea groups is 1.